The van der Waals surface area contributed by atoms with Crippen molar-refractivity contribution in [3.8, 4) is 11.4 Å². The molecular weight excluding hydrogens is 238 g/mol. The van der Waals surface area contributed by atoms with E-state index >= 15 is 0 Å². The summed E-state index contributed by atoms with van der Waals surface area (Å²) < 4.78 is 5.80. The molecule has 0 bridgehead atoms. The SMILES string of the molecule is CNC[C@H]1OCCc2cc(-c3ncccn3)ccc21. The molecule has 1 aliphatic heterocycles. The maximum atomic E-state index is 5.80. The van der Waals surface area contributed by atoms with Gasteiger partial charge in [-0.05, 0) is 36.7 Å². The van der Waals surface area contributed by atoms with Gasteiger partial charge >= 0.3 is 0 Å². The summed E-state index contributed by atoms with van der Waals surface area (Å²) >= 11 is 0. The van der Waals surface area contributed by atoms with Crippen LogP contribution < -0.4 is 5.32 Å². The maximum Gasteiger partial charge on any atom is 0.159 e. The lowest BCUT2D eigenvalue weighted by atomic mass is 9.95. The Balaban J connectivity index is 1.96. The first-order chi connectivity index (χ1) is 9.38. The summed E-state index contributed by atoms with van der Waals surface area (Å²) in [6.45, 7) is 1.62. The molecule has 4 heteroatoms. The summed E-state index contributed by atoms with van der Waals surface area (Å²) in [5.41, 5.74) is 3.70. The molecule has 1 aromatic carbocycles. The van der Waals surface area contributed by atoms with Crippen LogP contribution in [0.2, 0.25) is 0 Å². The first kappa shape index (κ1) is 12.3. The number of ether oxygens (including phenoxy) is 1. The van der Waals surface area contributed by atoms with Gasteiger partial charge in [0.25, 0.3) is 0 Å². The Kier molecular flexibility index (Phi) is 3.53. The summed E-state index contributed by atoms with van der Waals surface area (Å²) in [6, 6.07) is 8.24. The summed E-state index contributed by atoms with van der Waals surface area (Å²) in [5.74, 6) is 0.780. The van der Waals surface area contributed by atoms with Crippen LogP contribution in [0.15, 0.2) is 36.7 Å². The quantitative estimate of drug-likeness (QED) is 0.911. The minimum atomic E-state index is 0.152. The van der Waals surface area contributed by atoms with Crippen LogP contribution in [-0.2, 0) is 11.2 Å². The van der Waals surface area contributed by atoms with Crippen molar-refractivity contribution in [3.63, 3.8) is 0 Å². The molecule has 1 N–H and O–H groups in total. The molecule has 0 aliphatic carbocycles. The highest BCUT2D eigenvalue weighted by Crippen LogP contribution is 2.29. The minimum Gasteiger partial charge on any atom is -0.372 e. The fourth-order valence-corrected chi connectivity index (χ4v) is 2.48. The van der Waals surface area contributed by atoms with Crippen molar-refractivity contribution < 1.29 is 4.74 Å². The number of aromatic nitrogens is 2. The van der Waals surface area contributed by atoms with Gasteiger partial charge in [-0.15, -0.1) is 0 Å². The van der Waals surface area contributed by atoms with E-state index in [0.717, 1.165) is 31.0 Å². The van der Waals surface area contributed by atoms with Crippen LogP contribution in [0.3, 0.4) is 0 Å². The highest BCUT2D eigenvalue weighted by Gasteiger charge is 2.20. The third kappa shape index (κ3) is 2.50. The lowest BCUT2D eigenvalue weighted by Gasteiger charge is -2.26. The van der Waals surface area contributed by atoms with Gasteiger partial charge in [-0.1, -0.05) is 12.1 Å². The molecule has 3 rings (SSSR count). The predicted octanol–water partition coefficient (Wildman–Crippen LogP) is 1.98. The van der Waals surface area contributed by atoms with E-state index in [1.807, 2.05) is 13.1 Å². The van der Waals surface area contributed by atoms with E-state index < -0.39 is 0 Å². The molecule has 0 unspecified atom stereocenters. The molecule has 0 saturated carbocycles. The Morgan fingerprint density at radius 2 is 2.16 bits per heavy atom. The Morgan fingerprint density at radius 3 is 2.95 bits per heavy atom. The van der Waals surface area contributed by atoms with Crippen LogP contribution in [-0.4, -0.2) is 30.2 Å². The lowest BCUT2D eigenvalue weighted by Crippen LogP contribution is -2.25. The number of nitrogens with one attached hydrogen (secondary N) is 1. The molecule has 0 saturated heterocycles. The zero-order valence-electron chi connectivity index (χ0n) is 11.0. The summed E-state index contributed by atoms with van der Waals surface area (Å²) in [6.07, 6.45) is 4.65. The van der Waals surface area contributed by atoms with Gasteiger partial charge in [-0.2, -0.15) is 0 Å². The van der Waals surface area contributed by atoms with E-state index in [4.69, 9.17) is 4.74 Å². The number of hydrogen-bond donors (Lipinski definition) is 1. The average molecular weight is 255 g/mol. The van der Waals surface area contributed by atoms with E-state index in [1.165, 1.54) is 11.1 Å². The van der Waals surface area contributed by atoms with Crippen molar-refractivity contribution in [1.29, 1.82) is 0 Å². The molecule has 0 fully saturated rings. The van der Waals surface area contributed by atoms with Crippen molar-refractivity contribution in [1.82, 2.24) is 15.3 Å². The van der Waals surface area contributed by atoms with Crippen molar-refractivity contribution >= 4 is 0 Å². The summed E-state index contributed by atoms with van der Waals surface area (Å²) in [4.78, 5) is 8.60. The van der Waals surface area contributed by atoms with E-state index in [0.29, 0.717) is 0 Å². The van der Waals surface area contributed by atoms with Gasteiger partial charge in [0, 0.05) is 24.5 Å². The molecule has 1 atom stereocenters. The first-order valence-electron chi connectivity index (χ1n) is 6.55. The topological polar surface area (TPSA) is 47.0 Å². The second kappa shape index (κ2) is 5.47. The lowest BCUT2D eigenvalue weighted by molar-refractivity contribution is 0.0439. The highest BCUT2D eigenvalue weighted by molar-refractivity contribution is 5.57. The molecule has 98 valence electrons. The third-order valence-corrected chi connectivity index (χ3v) is 3.39. The molecule has 0 amide bonds. The zero-order valence-corrected chi connectivity index (χ0v) is 11.0. The number of rotatable bonds is 3. The van der Waals surface area contributed by atoms with Crippen LogP contribution >= 0.6 is 0 Å². The van der Waals surface area contributed by atoms with E-state index in [1.54, 1.807) is 12.4 Å². The predicted molar refractivity (Wildman–Crippen MR) is 73.8 cm³/mol. The number of nitrogens with zero attached hydrogens (tertiary/aromatic N) is 2. The van der Waals surface area contributed by atoms with Gasteiger partial charge < -0.3 is 10.1 Å². The zero-order chi connectivity index (χ0) is 13.1. The van der Waals surface area contributed by atoms with Gasteiger partial charge in [-0.25, -0.2) is 9.97 Å². The fraction of sp³-hybridized carbons (Fsp3) is 0.333. The fourth-order valence-electron chi connectivity index (χ4n) is 2.48. The monoisotopic (exact) mass is 255 g/mol. The summed E-state index contributed by atoms with van der Waals surface area (Å²) in [5, 5.41) is 3.17. The molecular formula is C15H17N3O. The molecule has 4 nitrogen and oxygen atoms in total. The number of benzene rings is 1. The van der Waals surface area contributed by atoms with Crippen molar-refractivity contribution in [2.75, 3.05) is 20.2 Å². The third-order valence-electron chi connectivity index (χ3n) is 3.39. The molecule has 0 spiro atoms. The second-order valence-electron chi connectivity index (χ2n) is 4.65. The van der Waals surface area contributed by atoms with E-state index in [-0.39, 0.29) is 6.10 Å². The van der Waals surface area contributed by atoms with Gasteiger partial charge in [-0.3, -0.25) is 0 Å². The minimum absolute atomic E-state index is 0.152. The average Bonchev–Trinajstić information content (AvgIpc) is 2.48. The van der Waals surface area contributed by atoms with Gasteiger partial charge in [0.05, 0.1) is 12.7 Å². The largest absolute Gasteiger partial charge is 0.372 e. The van der Waals surface area contributed by atoms with Gasteiger partial charge in [0.2, 0.25) is 0 Å². The first-order valence-corrected chi connectivity index (χ1v) is 6.55. The van der Waals surface area contributed by atoms with Crippen LogP contribution in [0.1, 0.15) is 17.2 Å². The van der Waals surface area contributed by atoms with Crippen LogP contribution in [0.4, 0.5) is 0 Å². The molecule has 0 radical (unpaired) electrons. The van der Waals surface area contributed by atoms with Gasteiger partial charge in [0.1, 0.15) is 0 Å². The summed E-state index contributed by atoms with van der Waals surface area (Å²) in [7, 11) is 1.95. The standard InChI is InChI=1S/C15H17N3O/c1-16-10-14-13-4-3-12(9-11(13)5-8-19-14)15-17-6-2-7-18-15/h2-4,6-7,9,14,16H,5,8,10H2,1H3/t14-/m1/s1. The van der Waals surface area contributed by atoms with Crippen molar-refractivity contribution in [2.24, 2.45) is 0 Å². The molecule has 1 aromatic heterocycles. The molecule has 19 heavy (non-hydrogen) atoms. The Hall–Kier alpha value is -1.78. The van der Waals surface area contributed by atoms with Gasteiger partial charge in [0.15, 0.2) is 5.82 Å². The Morgan fingerprint density at radius 1 is 1.32 bits per heavy atom. The number of hydrogen-bond acceptors (Lipinski definition) is 4. The normalized spacial score (nSPS) is 18.1. The van der Waals surface area contributed by atoms with Crippen LogP contribution in [0.25, 0.3) is 11.4 Å². The highest BCUT2D eigenvalue weighted by atomic mass is 16.5. The molecule has 1 aliphatic rings. The Labute approximate surface area is 112 Å². The number of likely N-dealkylation sites (N-methyl/N-ethyl adjacent to an activating group) is 1. The van der Waals surface area contributed by atoms with Crippen LogP contribution in [0.5, 0.6) is 0 Å². The number of fused-ring (bicyclic) bond motifs is 1. The van der Waals surface area contributed by atoms with Crippen molar-refractivity contribution in [3.05, 3.63) is 47.8 Å². The smallest absolute Gasteiger partial charge is 0.159 e. The van der Waals surface area contributed by atoms with Crippen molar-refractivity contribution in [2.45, 2.75) is 12.5 Å². The van der Waals surface area contributed by atoms with E-state index in [9.17, 15) is 0 Å². The Bertz CT molecular complexity index is 557. The van der Waals surface area contributed by atoms with E-state index in [2.05, 4.69) is 33.5 Å². The second-order valence-corrected chi connectivity index (χ2v) is 4.65. The molecule has 2 heterocycles. The van der Waals surface area contributed by atoms with Crippen LogP contribution in [0, 0.1) is 0 Å². The molecule has 2 aromatic rings. The maximum absolute atomic E-state index is 5.80.